The topological polar surface area (TPSA) is 141 Å². The molecule has 35 heavy (non-hydrogen) atoms. The minimum atomic E-state index is -0.513. The Kier molecular flexibility index (Phi) is 5.21. The van der Waals surface area contributed by atoms with Gasteiger partial charge in [-0.05, 0) is 49.4 Å². The van der Waals surface area contributed by atoms with E-state index in [4.69, 9.17) is 4.42 Å². The van der Waals surface area contributed by atoms with Crippen LogP contribution in [0.3, 0.4) is 0 Å². The second kappa shape index (κ2) is 8.37. The molecule has 0 unspecified atom stereocenters. The highest BCUT2D eigenvalue weighted by Crippen LogP contribution is 2.27. The van der Waals surface area contributed by atoms with Gasteiger partial charge in [0.25, 0.3) is 23.4 Å². The van der Waals surface area contributed by atoms with Gasteiger partial charge >= 0.3 is 0 Å². The predicted octanol–water partition coefficient (Wildman–Crippen LogP) is 3.73. The smallest absolute Gasteiger partial charge is 0.269 e. The van der Waals surface area contributed by atoms with Gasteiger partial charge in [0.15, 0.2) is 0 Å². The van der Waals surface area contributed by atoms with Gasteiger partial charge in [0, 0.05) is 23.8 Å². The number of aromatic nitrogens is 2. The molecule has 0 bridgehead atoms. The molecule has 0 aliphatic carbocycles. The molecule has 174 valence electrons. The lowest BCUT2D eigenvalue weighted by atomic mass is 10.1. The molecule has 2 aromatic carbocycles. The fourth-order valence-electron chi connectivity index (χ4n) is 3.82. The maximum absolute atomic E-state index is 13.0. The Morgan fingerprint density at radius 2 is 1.80 bits per heavy atom. The van der Waals surface area contributed by atoms with Crippen molar-refractivity contribution in [2.24, 2.45) is 0 Å². The second-order valence-electron chi connectivity index (χ2n) is 7.85. The zero-order chi connectivity index (χ0) is 24.7. The Morgan fingerprint density at radius 1 is 1.06 bits per heavy atom. The van der Waals surface area contributed by atoms with Crippen LogP contribution in [0.1, 0.15) is 42.5 Å². The molecule has 4 aromatic rings. The van der Waals surface area contributed by atoms with Crippen LogP contribution in [0, 0.1) is 17.0 Å². The summed E-state index contributed by atoms with van der Waals surface area (Å²) < 4.78 is 6.68. The van der Waals surface area contributed by atoms with Gasteiger partial charge < -0.3 is 9.73 Å². The van der Waals surface area contributed by atoms with Gasteiger partial charge in [-0.15, -0.1) is 0 Å². The van der Waals surface area contributed by atoms with Crippen LogP contribution >= 0.6 is 0 Å². The van der Waals surface area contributed by atoms with Gasteiger partial charge in [0.05, 0.1) is 40.2 Å². The molecule has 0 atom stereocenters. The maximum atomic E-state index is 13.0. The third-order valence-corrected chi connectivity index (χ3v) is 5.51. The Balaban J connectivity index is 1.39. The molecule has 0 fully saturated rings. The summed E-state index contributed by atoms with van der Waals surface area (Å²) >= 11 is 0. The highest BCUT2D eigenvalue weighted by Gasteiger charge is 2.36. The van der Waals surface area contributed by atoms with Crippen molar-refractivity contribution >= 4 is 29.2 Å². The largest absolute Gasteiger partial charge is 0.467 e. The zero-order valence-electron chi connectivity index (χ0n) is 18.3. The van der Waals surface area contributed by atoms with E-state index in [-0.39, 0.29) is 28.9 Å². The van der Waals surface area contributed by atoms with Crippen LogP contribution in [0.4, 0.5) is 11.5 Å². The van der Waals surface area contributed by atoms with E-state index in [1.54, 1.807) is 25.1 Å². The summed E-state index contributed by atoms with van der Waals surface area (Å²) in [7, 11) is 0. The number of nitro groups is 1. The van der Waals surface area contributed by atoms with E-state index in [1.807, 2.05) is 0 Å². The number of imide groups is 1. The number of nitrogens with one attached hydrogen (secondary N) is 1. The van der Waals surface area contributed by atoms with Crippen molar-refractivity contribution in [2.75, 3.05) is 5.32 Å². The Labute approximate surface area is 197 Å². The number of anilines is 1. The van der Waals surface area contributed by atoms with Crippen LogP contribution in [0.5, 0.6) is 0 Å². The van der Waals surface area contributed by atoms with Crippen molar-refractivity contribution < 1.29 is 23.7 Å². The normalized spacial score (nSPS) is 12.7. The van der Waals surface area contributed by atoms with Crippen molar-refractivity contribution in [3.8, 4) is 5.69 Å². The van der Waals surface area contributed by atoms with Crippen LogP contribution in [0.15, 0.2) is 71.3 Å². The standard InChI is InChI=1S/C24H17N5O6/c1-14-11-21(28(26-14)16-5-7-17(8-6-16)29(33)34)25-22(30)15-4-9-19-20(12-15)24(32)27(23(19)31)13-18-3-2-10-35-18/h2-12H,13H2,1H3,(H,25,30). The molecule has 1 aliphatic heterocycles. The fourth-order valence-corrected chi connectivity index (χ4v) is 3.82. The number of carbonyl (C=O) groups excluding carboxylic acids is 3. The minimum absolute atomic E-state index is 0.00538. The van der Waals surface area contributed by atoms with Crippen LogP contribution in [0.25, 0.3) is 5.69 Å². The number of aryl methyl sites for hydroxylation is 1. The molecule has 0 radical (unpaired) electrons. The van der Waals surface area contributed by atoms with E-state index < -0.39 is 22.6 Å². The van der Waals surface area contributed by atoms with Gasteiger partial charge in [-0.25, -0.2) is 4.68 Å². The van der Waals surface area contributed by atoms with Crippen molar-refractivity contribution in [1.82, 2.24) is 14.7 Å². The SMILES string of the molecule is Cc1cc(NC(=O)c2ccc3c(c2)C(=O)N(Cc2ccco2)C3=O)n(-c2ccc([N+](=O)[O-])cc2)n1. The summed E-state index contributed by atoms with van der Waals surface area (Å²) in [4.78, 5) is 50.0. The van der Waals surface area contributed by atoms with Crippen molar-refractivity contribution in [3.63, 3.8) is 0 Å². The van der Waals surface area contributed by atoms with Gasteiger partial charge in [-0.3, -0.25) is 29.4 Å². The second-order valence-corrected chi connectivity index (χ2v) is 7.85. The number of furan rings is 1. The molecule has 2 aromatic heterocycles. The maximum Gasteiger partial charge on any atom is 0.269 e. The van der Waals surface area contributed by atoms with E-state index in [1.165, 1.54) is 53.4 Å². The number of nitro benzene ring substituents is 1. The van der Waals surface area contributed by atoms with Gasteiger partial charge in [-0.2, -0.15) is 5.10 Å². The number of nitrogens with zero attached hydrogens (tertiary/aromatic N) is 4. The Bertz CT molecular complexity index is 1490. The molecular formula is C24H17N5O6. The number of rotatable bonds is 6. The first-order valence-electron chi connectivity index (χ1n) is 10.5. The quantitative estimate of drug-likeness (QED) is 0.257. The summed E-state index contributed by atoms with van der Waals surface area (Å²) in [6.07, 6.45) is 1.46. The highest BCUT2D eigenvalue weighted by molar-refractivity contribution is 6.22. The first-order chi connectivity index (χ1) is 16.8. The van der Waals surface area contributed by atoms with Crippen molar-refractivity contribution in [2.45, 2.75) is 13.5 Å². The monoisotopic (exact) mass is 471 g/mol. The number of hydrogen-bond donors (Lipinski definition) is 1. The average Bonchev–Trinajstić information content (AvgIpc) is 3.55. The van der Waals surface area contributed by atoms with E-state index >= 15 is 0 Å². The third kappa shape index (κ3) is 3.95. The molecule has 5 rings (SSSR count). The molecule has 0 saturated heterocycles. The van der Waals surface area contributed by atoms with E-state index in [0.29, 0.717) is 23.0 Å². The van der Waals surface area contributed by atoms with Crippen LogP contribution in [-0.4, -0.2) is 37.3 Å². The molecule has 11 heteroatoms. The molecule has 3 heterocycles. The fraction of sp³-hybridized carbons (Fsp3) is 0.0833. The minimum Gasteiger partial charge on any atom is -0.467 e. The number of fused-ring (bicyclic) bond motifs is 1. The average molecular weight is 471 g/mol. The number of amides is 3. The number of benzene rings is 2. The Hall–Kier alpha value is -5.06. The zero-order valence-corrected chi connectivity index (χ0v) is 18.3. The van der Waals surface area contributed by atoms with E-state index in [0.717, 1.165) is 4.90 Å². The number of carbonyl (C=O) groups is 3. The van der Waals surface area contributed by atoms with Crippen molar-refractivity contribution in [1.29, 1.82) is 0 Å². The molecule has 0 saturated carbocycles. The lowest BCUT2D eigenvalue weighted by Crippen LogP contribution is -2.28. The van der Waals surface area contributed by atoms with Crippen LogP contribution in [-0.2, 0) is 6.54 Å². The lowest BCUT2D eigenvalue weighted by Gasteiger charge is -2.11. The lowest BCUT2D eigenvalue weighted by molar-refractivity contribution is -0.384. The Morgan fingerprint density at radius 3 is 2.49 bits per heavy atom. The predicted molar refractivity (Wildman–Crippen MR) is 122 cm³/mol. The molecule has 3 amide bonds. The summed E-state index contributed by atoms with van der Waals surface area (Å²) in [5.74, 6) is -0.681. The number of non-ortho nitro benzene ring substituents is 1. The van der Waals surface area contributed by atoms with Crippen LogP contribution in [0.2, 0.25) is 0 Å². The van der Waals surface area contributed by atoms with Crippen LogP contribution < -0.4 is 5.32 Å². The van der Waals surface area contributed by atoms with Crippen molar-refractivity contribution in [3.05, 3.63) is 105 Å². The van der Waals surface area contributed by atoms with E-state index in [9.17, 15) is 24.5 Å². The van der Waals surface area contributed by atoms with Gasteiger partial charge in [-0.1, -0.05) is 0 Å². The summed E-state index contributed by atoms with van der Waals surface area (Å²) in [6, 6.07) is 15.0. The highest BCUT2D eigenvalue weighted by atomic mass is 16.6. The van der Waals surface area contributed by atoms with Gasteiger partial charge in [0.1, 0.15) is 11.6 Å². The molecule has 1 N–H and O–H groups in total. The molecule has 1 aliphatic rings. The first-order valence-corrected chi connectivity index (χ1v) is 10.5. The first kappa shape index (κ1) is 21.8. The summed E-state index contributed by atoms with van der Waals surface area (Å²) in [6.45, 7) is 1.74. The van der Waals surface area contributed by atoms with Gasteiger partial charge in [0.2, 0.25) is 0 Å². The number of hydrogen-bond acceptors (Lipinski definition) is 7. The van der Waals surface area contributed by atoms with E-state index in [2.05, 4.69) is 10.4 Å². The third-order valence-electron chi connectivity index (χ3n) is 5.51. The summed E-state index contributed by atoms with van der Waals surface area (Å²) in [5.41, 5.74) is 1.59. The molecular weight excluding hydrogens is 454 g/mol. The molecule has 0 spiro atoms. The molecule has 11 nitrogen and oxygen atoms in total. The summed E-state index contributed by atoms with van der Waals surface area (Å²) in [5, 5.41) is 18.0.